The van der Waals surface area contributed by atoms with Crippen molar-refractivity contribution in [2.24, 2.45) is 13.0 Å². The van der Waals surface area contributed by atoms with Crippen molar-refractivity contribution in [2.45, 2.75) is 19.3 Å². The minimum Gasteiger partial charge on any atom is -0.347 e. The molecule has 0 saturated carbocycles. The Hall–Kier alpha value is -1.78. The number of benzene rings is 1. The number of piperidine rings is 1. The number of carbonyl (C=O) groups excluding carboxylic acids is 1. The van der Waals surface area contributed by atoms with Crippen molar-refractivity contribution in [1.82, 2.24) is 14.4 Å². The number of rotatable bonds is 6. The fourth-order valence-corrected chi connectivity index (χ4v) is 3.81. The predicted molar refractivity (Wildman–Crippen MR) is 107 cm³/mol. The molecule has 5 heteroatoms. The molecule has 0 aliphatic carbocycles. The molecule has 0 radical (unpaired) electrons. The Balaban J connectivity index is 1.41. The maximum Gasteiger partial charge on any atom is 0.270 e. The Morgan fingerprint density at radius 1 is 1.19 bits per heavy atom. The van der Waals surface area contributed by atoms with Gasteiger partial charge in [-0.2, -0.15) is 0 Å². The molecule has 0 bridgehead atoms. The minimum atomic E-state index is 0.114. The number of amides is 1. The van der Waals surface area contributed by atoms with E-state index in [9.17, 15) is 4.79 Å². The molecule has 140 valence electrons. The van der Waals surface area contributed by atoms with Gasteiger partial charge in [-0.05, 0) is 68.1 Å². The van der Waals surface area contributed by atoms with Crippen LogP contribution in [0.3, 0.4) is 0 Å². The van der Waals surface area contributed by atoms with Gasteiger partial charge in [0.15, 0.2) is 0 Å². The lowest BCUT2D eigenvalue weighted by atomic mass is 9.96. The van der Waals surface area contributed by atoms with E-state index in [1.54, 1.807) is 0 Å². The van der Waals surface area contributed by atoms with Crippen molar-refractivity contribution in [3.63, 3.8) is 0 Å². The summed E-state index contributed by atoms with van der Waals surface area (Å²) in [7, 11) is 3.84. The van der Waals surface area contributed by atoms with Gasteiger partial charge < -0.3 is 14.4 Å². The van der Waals surface area contributed by atoms with E-state index in [4.69, 9.17) is 11.6 Å². The number of halogens is 1. The maximum absolute atomic E-state index is 12.5. The first kappa shape index (κ1) is 19.0. The summed E-state index contributed by atoms with van der Waals surface area (Å²) in [6.45, 7) is 4.16. The van der Waals surface area contributed by atoms with E-state index in [1.165, 1.54) is 5.56 Å². The largest absolute Gasteiger partial charge is 0.347 e. The Labute approximate surface area is 161 Å². The number of hydrogen-bond acceptors (Lipinski definition) is 2. The third-order valence-electron chi connectivity index (χ3n) is 5.38. The zero-order chi connectivity index (χ0) is 18.5. The molecule has 1 saturated heterocycles. The first-order valence-corrected chi connectivity index (χ1v) is 9.74. The molecule has 2 heterocycles. The van der Waals surface area contributed by atoms with E-state index in [0.29, 0.717) is 5.92 Å². The number of likely N-dealkylation sites (tertiary alicyclic amines) is 1. The molecule has 3 rings (SSSR count). The lowest BCUT2D eigenvalue weighted by molar-refractivity contribution is 0.0731. The molecule has 1 fully saturated rings. The van der Waals surface area contributed by atoms with Crippen LogP contribution in [-0.2, 0) is 13.5 Å². The Bertz CT molecular complexity index is 717. The van der Waals surface area contributed by atoms with Crippen LogP contribution < -0.4 is 0 Å². The Morgan fingerprint density at radius 3 is 2.50 bits per heavy atom. The molecule has 4 nitrogen and oxygen atoms in total. The monoisotopic (exact) mass is 373 g/mol. The van der Waals surface area contributed by atoms with Crippen LogP contribution in [0.2, 0.25) is 5.02 Å². The molecule has 2 aromatic rings. The van der Waals surface area contributed by atoms with Gasteiger partial charge in [-0.25, -0.2) is 0 Å². The van der Waals surface area contributed by atoms with E-state index >= 15 is 0 Å². The standard InChI is InChI=1S/C21H28ClN3O/c1-23-12-3-4-20(23)21(26)24(2)16-18-10-14-25(15-11-18)13-9-17-5-7-19(22)8-6-17/h3-8,12,18H,9-11,13-16H2,1-2H3. The van der Waals surface area contributed by atoms with Crippen LogP contribution in [0.15, 0.2) is 42.6 Å². The van der Waals surface area contributed by atoms with Crippen molar-refractivity contribution in [3.8, 4) is 0 Å². The zero-order valence-electron chi connectivity index (χ0n) is 15.7. The number of carbonyl (C=O) groups is 1. The van der Waals surface area contributed by atoms with Gasteiger partial charge in [0, 0.05) is 38.4 Å². The van der Waals surface area contributed by atoms with Crippen LogP contribution in [0, 0.1) is 5.92 Å². The van der Waals surface area contributed by atoms with Gasteiger partial charge in [-0.3, -0.25) is 4.79 Å². The van der Waals surface area contributed by atoms with Crippen molar-refractivity contribution in [1.29, 1.82) is 0 Å². The molecule has 0 unspecified atom stereocenters. The summed E-state index contributed by atoms with van der Waals surface area (Å²) in [6, 6.07) is 11.9. The van der Waals surface area contributed by atoms with Gasteiger partial charge in [0.2, 0.25) is 0 Å². The summed E-state index contributed by atoms with van der Waals surface area (Å²) >= 11 is 5.94. The number of nitrogens with zero attached hydrogens (tertiary/aromatic N) is 3. The van der Waals surface area contributed by atoms with Crippen LogP contribution in [0.1, 0.15) is 28.9 Å². The minimum absolute atomic E-state index is 0.114. The second-order valence-electron chi connectivity index (χ2n) is 7.35. The number of hydrogen-bond donors (Lipinski definition) is 0. The Kier molecular flexibility index (Phi) is 6.38. The molecular weight excluding hydrogens is 346 g/mol. The zero-order valence-corrected chi connectivity index (χ0v) is 16.5. The van der Waals surface area contributed by atoms with Crippen LogP contribution >= 0.6 is 11.6 Å². The Morgan fingerprint density at radius 2 is 1.88 bits per heavy atom. The second kappa shape index (κ2) is 8.74. The van der Waals surface area contributed by atoms with Crippen molar-refractivity contribution in [3.05, 3.63) is 58.9 Å². The van der Waals surface area contributed by atoms with Crippen LogP contribution in [0.4, 0.5) is 0 Å². The van der Waals surface area contributed by atoms with Crippen molar-refractivity contribution in [2.75, 3.05) is 33.2 Å². The third-order valence-corrected chi connectivity index (χ3v) is 5.63. The van der Waals surface area contributed by atoms with Crippen molar-refractivity contribution >= 4 is 17.5 Å². The lowest BCUT2D eigenvalue weighted by Gasteiger charge is -2.34. The fraction of sp³-hybridized carbons (Fsp3) is 0.476. The highest BCUT2D eigenvalue weighted by Gasteiger charge is 2.23. The average molecular weight is 374 g/mol. The van der Waals surface area contributed by atoms with E-state index < -0.39 is 0 Å². The molecule has 1 aromatic heterocycles. The highest BCUT2D eigenvalue weighted by Crippen LogP contribution is 2.19. The second-order valence-corrected chi connectivity index (χ2v) is 7.79. The van der Waals surface area contributed by atoms with Gasteiger partial charge in [0.1, 0.15) is 5.69 Å². The first-order chi connectivity index (χ1) is 12.5. The van der Waals surface area contributed by atoms with E-state index in [-0.39, 0.29) is 5.91 Å². The van der Waals surface area contributed by atoms with Crippen LogP contribution in [-0.4, -0.2) is 53.5 Å². The molecule has 0 atom stereocenters. The average Bonchev–Trinajstić information content (AvgIpc) is 3.07. The van der Waals surface area contributed by atoms with Crippen LogP contribution in [0.25, 0.3) is 0 Å². The maximum atomic E-state index is 12.5. The normalized spacial score (nSPS) is 16.0. The molecule has 1 aliphatic rings. The topological polar surface area (TPSA) is 28.5 Å². The quantitative estimate of drug-likeness (QED) is 0.772. The summed E-state index contributed by atoms with van der Waals surface area (Å²) in [5.41, 5.74) is 2.09. The van der Waals surface area contributed by atoms with E-state index in [2.05, 4.69) is 17.0 Å². The van der Waals surface area contributed by atoms with Crippen LogP contribution in [0.5, 0.6) is 0 Å². The third kappa shape index (κ3) is 4.89. The van der Waals surface area contributed by atoms with Gasteiger partial charge in [0.05, 0.1) is 0 Å². The summed E-state index contributed by atoms with van der Waals surface area (Å²) in [5, 5.41) is 0.795. The molecule has 1 amide bonds. The molecule has 1 aromatic carbocycles. The smallest absolute Gasteiger partial charge is 0.270 e. The fourth-order valence-electron chi connectivity index (χ4n) is 3.68. The molecule has 0 spiro atoms. The number of aryl methyl sites for hydroxylation is 1. The summed E-state index contributed by atoms with van der Waals surface area (Å²) in [6.07, 6.45) is 5.30. The highest BCUT2D eigenvalue weighted by molar-refractivity contribution is 6.30. The molecular formula is C21H28ClN3O. The first-order valence-electron chi connectivity index (χ1n) is 9.36. The SMILES string of the molecule is CN(CC1CCN(CCc2ccc(Cl)cc2)CC1)C(=O)c1cccn1C. The highest BCUT2D eigenvalue weighted by atomic mass is 35.5. The summed E-state index contributed by atoms with van der Waals surface area (Å²) in [5.74, 6) is 0.707. The predicted octanol–water partition coefficient (Wildman–Crippen LogP) is 3.71. The molecule has 26 heavy (non-hydrogen) atoms. The van der Waals surface area contributed by atoms with E-state index in [1.807, 2.05) is 54.0 Å². The van der Waals surface area contributed by atoms with E-state index in [0.717, 1.165) is 56.2 Å². The van der Waals surface area contributed by atoms with Gasteiger partial charge in [-0.15, -0.1) is 0 Å². The van der Waals surface area contributed by atoms with Crippen molar-refractivity contribution < 1.29 is 4.79 Å². The summed E-state index contributed by atoms with van der Waals surface area (Å²) in [4.78, 5) is 16.9. The lowest BCUT2D eigenvalue weighted by Crippen LogP contribution is -2.40. The molecule has 0 N–H and O–H groups in total. The van der Waals surface area contributed by atoms with Gasteiger partial charge in [-0.1, -0.05) is 23.7 Å². The number of aromatic nitrogens is 1. The molecule has 1 aliphatic heterocycles. The van der Waals surface area contributed by atoms with Gasteiger partial charge >= 0.3 is 0 Å². The van der Waals surface area contributed by atoms with Gasteiger partial charge in [0.25, 0.3) is 5.91 Å². The summed E-state index contributed by atoms with van der Waals surface area (Å²) < 4.78 is 1.89.